The van der Waals surface area contributed by atoms with Crippen LogP contribution in [0, 0.1) is 0 Å². The SMILES string of the molecule is C=CCCC(F)C(F)(F)C(F)(F)C(F)(F)C(F)(F)C(F)(F)C(F)(F)C(F)(F)F. The van der Waals surface area contributed by atoms with Crippen molar-refractivity contribution >= 4 is 0 Å². The van der Waals surface area contributed by atoms with Gasteiger partial charge in [-0.05, 0) is 12.8 Å². The number of hydrogen-bond donors (Lipinski definition) is 0. The molecule has 0 aromatic rings. The fourth-order valence-electron chi connectivity index (χ4n) is 1.62. The van der Waals surface area contributed by atoms with Crippen LogP contribution >= 0.6 is 0 Å². The van der Waals surface area contributed by atoms with E-state index in [1.807, 2.05) is 0 Å². The Morgan fingerprint density at radius 2 is 0.893 bits per heavy atom. The lowest BCUT2D eigenvalue weighted by Gasteiger charge is -2.42. The molecule has 0 aliphatic carbocycles. The average molecular weight is 456 g/mol. The van der Waals surface area contributed by atoms with Crippen molar-refractivity contribution in [2.24, 2.45) is 0 Å². The normalized spacial score (nSPS) is 16.9. The Balaban J connectivity index is 6.43. The second-order valence-electron chi connectivity index (χ2n) is 5.33. The van der Waals surface area contributed by atoms with Crippen LogP contribution in [0.5, 0.6) is 0 Å². The Hall–Kier alpha value is -1.38. The molecule has 0 N–H and O–H groups in total. The predicted octanol–water partition coefficient (Wildman–Crippen LogP) is 6.66. The number of alkyl halides is 16. The molecule has 0 radical (unpaired) electrons. The van der Waals surface area contributed by atoms with Crippen molar-refractivity contribution in [3.05, 3.63) is 12.7 Å². The second kappa shape index (κ2) is 7.15. The molecule has 0 nitrogen and oxygen atoms in total. The quantitative estimate of drug-likeness (QED) is 0.269. The van der Waals surface area contributed by atoms with Crippen molar-refractivity contribution in [3.8, 4) is 0 Å². The maximum Gasteiger partial charge on any atom is 0.460 e. The highest BCUT2D eigenvalue weighted by Crippen LogP contribution is 2.62. The van der Waals surface area contributed by atoms with Gasteiger partial charge in [-0.1, -0.05) is 6.08 Å². The summed E-state index contributed by atoms with van der Waals surface area (Å²) in [5, 5.41) is 0. The summed E-state index contributed by atoms with van der Waals surface area (Å²) in [6.07, 6.45) is -14.2. The lowest BCUT2D eigenvalue weighted by atomic mass is 9.89. The molecule has 0 saturated carbocycles. The maximum atomic E-state index is 13.3. The first-order chi connectivity index (χ1) is 12.0. The summed E-state index contributed by atoms with van der Waals surface area (Å²) < 4.78 is 205. The van der Waals surface area contributed by atoms with Gasteiger partial charge in [0, 0.05) is 0 Å². The lowest BCUT2D eigenvalue weighted by Crippen LogP contribution is -2.73. The molecule has 0 bridgehead atoms. The zero-order chi connectivity index (χ0) is 23.2. The van der Waals surface area contributed by atoms with Crippen LogP contribution in [0.4, 0.5) is 70.2 Å². The molecule has 0 aromatic heterocycles. The first-order valence-electron chi connectivity index (χ1n) is 6.57. The van der Waals surface area contributed by atoms with Crippen LogP contribution in [-0.2, 0) is 0 Å². The van der Waals surface area contributed by atoms with Gasteiger partial charge in [0.1, 0.15) is 0 Å². The Kier molecular flexibility index (Phi) is 6.79. The third-order valence-corrected chi connectivity index (χ3v) is 3.37. The van der Waals surface area contributed by atoms with Crippen molar-refractivity contribution in [3.63, 3.8) is 0 Å². The van der Waals surface area contributed by atoms with Crippen molar-refractivity contribution in [2.75, 3.05) is 0 Å². The van der Waals surface area contributed by atoms with E-state index in [1.54, 1.807) is 0 Å². The summed E-state index contributed by atoms with van der Waals surface area (Å²) in [5.41, 5.74) is 0. The molecule has 168 valence electrons. The number of rotatable bonds is 9. The van der Waals surface area contributed by atoms with Gasteiger partial charge in [0.05, 0.1) is 0 Å². The van der Waals surface area contributed by atoms with Crippen LogP contribution in [-0.4, -0.2) is 47.9 Å². The van der Waals surface area contributed by atoms with Gasteiger partial charge in [-0.2, -0.15) is 65.9 Å². The second-order valence-corrected chi connectivity index (χ2v) is 5.33. The van der Waals surface area contributed by atoms with Crippen LogP contribution < -0.4 is 0 Å². The van der Waals surface area contributed by atoms with E-state index in [0.29, 0.717) is 6.08 Å². The fraction of sp³-hybridized carbons (Fsp3) is 0.833. The predicted molar refractivity (Wildman–Crippen MR) is 60.1 cm³/mol. The molecule has 1 atom stereocenters. The maximum absolute atomic E-state index is 13.3. The summed E-state index contributed by atoms with van der Waals surface area (Å²) in [4.78, 5) is 0. The first kappa shape index (κ1) is 26.6. The third kappa shape index (κ3) is 3.50. The van der Waals surface area contributed by atoms with Crippen molar-refractivity contribution < 1.29 is 70.2 Å². The molecule has 1 unspecified atom stereocenters. The molecule has 0 saturated heterocycles. The van der Waals surface area contributed by atoms with E-state index in [0.717, 1.165) is 0 Å². The van der Waals surface area contributed by atoms with E-state index in [2.05, 4.69) is 6.58 Å². The van der Waals surface area contributed by atoms with E-state index in [4.69, 9.17) is 0 Å². The first-order valence-corrected chi connectivity index (χ1v) is 6.57. The minimum atomic E-state index is -8.40. The smallest absolute Gasteiger partial charge is 0.241 e. The Labute approximate surface area is 145 Å². The topological polar surface area (TPSA) is 0 Å². The van der Waals surface area contributed by atoms with Gasteiger partial charge in [0.25, 0.3) is 0 Å². The molecule has 0 aliphatic rings. The van der Waals surface area contributed by atoms with E-state index in [9.17, 15) is 70.2 Å². The van der Waals surface area contributed by atoms with Crippen molar-refractivity contribution in [2.45, 2.75) is 60.7 Å². The monoisotopic (exact) mass is 456 g/mol. The highest BCUT2D eigenvalue weighted by Gasteiger charge is 2.93. The van der Waals surface area contributed by atoms with Crippen LogP contribution in [0.2, 0.25) is 0 Å². The summed E-state index contributed by atoms with van der Waals surface area (Å²) in [5.74, 6) is -47.7. The van der Waals surface area contributed by atoms with Gasteiger partial charge >= 0.3 is 41.7 Å². The van der Waals surface area contributed by atoms with Crippen LogP contribution in [0.3, 0.4) is 0 Å². The largest absolute Gasteiger partial charge is 0.460 e. The zero-order valence-corrected chi connectivity index (χ0v) is 12.8. The van der Waals surface area contributed by atoms with Crippen molar-refractivity contribution in [1.29, 1.82) is 0 Å². The Bertz CT molecular complexity index is 556. The molecular weight excluding hydrogens is 448 g/mol. The van der Waals surface area contributed by atoms with Gasteiger partial charge in [0.15, 0.2) is 6.17 Å². The Morgan fingerprint density at radius 3 is 1.21 bits per heavy atom. The van der Waals surface area contributed by atoms with E-state index in [-0.39, 0.29) is 0 Å². The van der Waals surface area contributed by atoms with E-state index in [1.165, 1.54) is 0 Å². The van der Waals surface area contributed by atoms with Gasteiger partial charge in [-0.15, -0.1) is 6.58 Å². The molecular formula is C12H8F16. The molecule has 0 fully saturated rings. The standard InChI is InChI=1S/C12H8F16/c1-2-3-4-5(13)6(14,15)7(16,17)8(18,19)9(20,21)10(22,23)11(24,25)12(26,27)28/h2,5H,1,3-4H2. The number of allylic oxidation sites excluding steroid dienone is 1. The number of halogens is 16. The molecule has 0 aromatic carbocycles. The van der Waals surface area contributed by atoms with E-state index >= 15 is 0 Å². The molecule has 0 spiro atoms. The summed E-state index contributed by atoms with van der Waals surface area (Å²) in [6, 6.07) is 0. The van der Waals surface area contributed by atoms with E-state index < -0.39 is 60.7 Å². The fourth-order valence-corrected chi connectivity index (χ4v) is 1.62. The minimum Gasteiger partial charge on any atom is -0.241 e. The molecule has 28 heavy (non-hydrogen) atoms. The molecule has 0 heterocycles. The van der Waals surface area contributed by atoms with Crippen LogP contribution in [0.25, 0.3) is 0 Å². The van der Waals surface area contributed by atoms with Gasteiger partial charge in [-0.25, -0.2) is 4.39 Å². The zero-order valence-electron chi connectivity index (χ0n) is 12.8. The molecule has 0 aliphatic heterocycles. The lowest BCUT2D eigenvalue weighted by molar-refractivity contribution is -0.454. The summed E-state index contributed by atoms with van der Waals surface area (Å²) in [6.45, 7) is 2.79. The summed E-state index contributed by atoms with van der Waals surface area (Å²) in [7, 11) is 0. The summed E-state index contributed by atoms with van der Waals surface area (Å²) >= 11 is 0. The average Bonchev–Trinajstić information content (AvgIpc) is 2.50. The minimum absolute atomic E-state index is 0.575. The number of hydrogen-bond acceptors (Lipinski definition) is 0. The third-order valence-electron chi connectivity index (χ3n) is 3.37. The van der Waals surface area contributed by atoms with Gasteiger partial charge in [-0.3, -0.25) is 0 Å². The Morgan fingerprint density at radius 1 is 0.571 bits per heavy atom. The molecule has 16 heteroatoms. The van der Waals surface area contributed by atoms with Crippen LogP contribution in [0.1, 0.15) is 12.8 Å². The highest BCUT2D eigenvalue weighted by atomic mass is 19.4. The highest BCUT2D eigenvalue weighted by molar-refractivity contribution is 5.14. The van der Waals surface area contributed by atoms with Crippen molar-refractivity contribution in [1.82, 2.24) is 0 Å². The van der Waals surface area contributed by atoms with Crippen LogP contribution in [0.15, 0.2) is 12.7 Å². The van der Waals surface area contributed by atoms with Gasteiger partial charge in [0.2, 0.25) is 0 Å². The molecule has 0 amide bonds. The van der Waals surface area contributed by atoms with Gasteiger partial charge < -0.3 is 0 Å². The molecule has 0 rings (SSSR count).